The summed E-state index contributed by atoms with van der Waals surface area (Å²) in [7, 11) is 0. The van der Waals surface area contributed by atoms with Gasteiger partial charge in [-0.2, -0.15) is 0 Å². The number of amides is 1. The number of nitrogens with zero attached hydrogens (tertiary/aromatic N) is 1. The normalized spacial score (nSPS) is 16.3. The number of nitrogens with one attached hydrogen (secondary N) is 1. The molecule has 1 N–H and O–H groups in total. The summed E-state index contributed by atoms with van der Waals surface area (Å²) in [5, 5.41) is 3.05. The van der Waals surface area contributed by atoms with Crippen LogP contribution in [0.5, 0.6) is 0 Å². The predicted octanol–water partition coefficient (Wildman–Crippen LogP) is 2.35. The molecule has 1 heterocycles. The lowest BCUT2D eigenvalue weighted by atomic mass is 10.1. The minimum Gasteiger partial charge on any atom is -0.359 e. The van der Waals surface area contributed by atoms with Gasteiger partial charge in [0.25, 0.3) is 0 Å². The van der Waals surface area contributed by atoms with Crippen molar-refractivity contribution < 1.29 is 4.79 Å². The second-order valence-electron chi connectivity index (χ2n) is 5.99. The van der Waals surface area contributed by atoms with Crippen LogP contribution in [-0.4, -0.2) is 24.0 Å². The molecule has 3 nitrogen and oxygen atoms in total. The van der Waals surface area contributed by atoms with Gasteiger partial charge in [-0.1, -0.05) is 18.2 Å². The highest BCUT2D eigenvalue weighted by atomic mass is 16.2. The minimum absolute atomic E-state index is 0.0965. The summed E-state index contributed by atoms with van der Waals surface area (Å²) in [6, 6.07) is 8.22. The third-order valence-electron chi connectivity index (χ3n) is 3.27. The van der Waals surface area contributed by atoms with E-state index in [9.17, 15) is 4.79 Å². The molecule has 18 heavy (non-hydrogen) atoms. The summed E-state index contributed by atoms with van der Waals surface area (Å²) >= 11 is 0. The highest BCUT2D eigenvalue weighted by Crippen LogP contribution is 2.29. The lowest BCUT2D eigenvalue weighted by Gasteiger charge is -2.30. The van der Waals surface area contributed by atoms with Crippen LogP contribution in [0.15, 0.2) is 24.3 Å². The molecule has 0 saturated carbocycles. The number of benzene rings is 1. The van der Waals surface area contributed by atoms with Gasteiger partial charge < -0.3 is 10.2 Å². The van der Waals surface area contributed by atoms with Crippen LogP contribution in [0.25, 0.3) is 0 Å². The molecule has 0 fully saturated rings. The van der Waals surface area contributed by atoms with Gasteiger partial charge in [0.1, 0.15) is 6.04 Å². The van der Waals surface area contributed by atoms with Gasteiger partial charge in [0, 0.05) is 17.8 Å². The van der Waals surface area contributed by atoms with Crippen molar-refractivity contribution in [2.45, 2.75) is 45.7 Å². The maximum atomic E-state index is 12.2. The summed E-state index contributed by atoms with van der Waals surface area (Å²) in [5.74, 6) is 0.0965. The van der Waals surface area contributed by atoms with E-state index < -0.39 is 0 Å². The Morgan fingerprint density at radius 3 is 2.67 bits per heavy atom. The third-order valence-corrected chi connectivity index (χ3v) is 3.27. The maximum Gasteiger partial charge on any atom is 0.242 e. The molecule has 1 aliphatic rings. The smallest absolute Gasteiger partial charge is 0.242 e. The number of fused-ring (bicyclic) bond motifs is 1. The molecule has 0 bridgehead atoms. The molecule has 1 atom stereocenters. The van der Waals surface area contributed by atoms with Gasteiger partial charge in [0.15, 0.2) is 0 Å². The zero-order valence-corrected chi connectivity index (χ0v) is 11.7. The van der Waals surface area contributed by atoms with Crippen LogP contribution in [0.4, 0.5) is 5.69 Å². The molecule has 3 heteroatoms. The fourth-order valence-electron chi connectivity index (χ4n) is 2.38. The fraction of sp³-hybridized carbons (Fsp3) is 0.533. The number of rotatable bonds is 2. The Balaban J connectivity index is 2.12. The number of carbonyl (C=O) groups excluding carboxylic acids is 1. The lowest BCUT2D eigenvalue weighted by molar-refractivity contribution is -0.123. The van der Waals surface area contributed by atoms with E-state index >= 15 is 0 Å². The predicted molar refractivity (Wildman–Crippen MR) is 74.8 cm³/mol. The van der Waals surface area contributed by atoms with Gasteiger partial charge in [-0.15, -0.1) is 0 Å². The van der Waals surface area contributed by atoms with Crippen molar-refractivity contribution in [2.24, 2.45) is 0 Å². The van der Waals surface area contributed by atoms with Gasteiger partial charge in [0.2, 0.25) is 5.91 Å². The summed E-state index contributed by atoms with van der Waals surface area (Å²) in [4.78, 5) is 14.4. The number of para-hydroxylation sites is 1. The van der Waals surface area contributed by atoms with Crippen LogP contribution < -0.4 is 10.2 Å². The molecule has 0 unspecified atom stereocenters. The Morgan fingerprint density at radius 1 is 1.33 bits per heavy atom. The number of hydrogen-bond acceptors (Lipinski definition) is 2. The molecule has 0 aromatic heterocycles. The summed E-state index contributed by atoms with van der Waals surface area (Å²) in [6.45, 7) is 8.93. The van der Waals surface area contributed by atoms with Crippen molar-refractivity contribution in [2.75, 3.05) is 11.4 Å². The van der Waals surface area contributed by atoms with E-state index in [1.54, 1.807) is 0 Å². The minimum atomic E-state index is -0.176. The van der Waals surface area contributed by atoms with Gasteiger partial charge in [-0.3, -0.25) is 4.79 Å². The van der Waals surface area contributed by atoms with Crippen LogP contribution in [0.1, 0.15) is 33.3 Å². The van der Waals surface area contributed by atoms with E-state index in [0.29, 0.717) is 0 Å². The van der Waals surface area contributed by atoms with Crippen LogP contribution in [-0.2, 0) is 11.2 Å². The summed E-state index contributed by atoms with van der Waals surface area (Å²) in [5.41, 5.74) is 2.37. The van der Waals surface area contributed by atoms with Gasteiger partial charge in [0.05, 0.1) is 0 Å². The average Bonchev–Trinajstić information content (AvgIpc) is 2.69. The summed E-state index contributed by atoms with van der Waals surface area (Å²) in [6.07, 6.45) is 1.03. The van der Waals surface area contributed by atoms with Crippen molar-refractivity contribution in [3.8, 4) is 0 Å². The Morgan fingerprint density at radius 2 is 2.00 bits per heavy atom. The molecule has 1 amide bonds. The second-order valence-corrected chi connectivity index (χ2v) is 5.99. The Hall–Kier alpha value is -1.51. The molecule has 0 aliphatic carbocycles. The van der Waals surface area contributed by atoms with Crippen molar-refractivity contribution >= 4 is 11.6 Å². The van der Waals surface area contributed by atoms with Crippen molar-refractivity contribution in [1.29, 1.82) is 0 Å². The molecule has 1 aliphatic heterocycles. The first-order valence-electron chi connectivity index (χ1n) is 6.55. The zero-order chi connectivity index (χ0) is 13.3. The van der Waals surface area contributed by atoms with Gasteiger partial charge in [-0.05, 0) is 45.7 Å². The topological polar surface area (TPSA) is 32.3 Å². The first kappa shape index (κ1) is 12.9. The first-order chi connectivity index (χ1) is 8.38. The van der Waals surface area contributed by atoms with E-state index in [1.165, 1.54) is 11.3 Å². The zero-order valence-electron chi connectivity index (χ0n) is 11.7. The Bertz CT molecular complexity index is 448. The molecule has 2 rings (SSSR count). The number of carbonyl (C=O) groups is 1. The average molecular weight is 246 g/mol. The van der Waals surface area contributed by atoms with E-state index in [4.69, 9.17) is 0 Å². The lowest BCUT2D eigenvalue weighted by Crippen LogP contribution is -2.50. The van der Waals surface area contributed by atoms with E-state index in [0.717, 1.165) is 13.0 Å². The third kappa shape index (κ3) is 2.66. The second kappa shape index (κ2) is 4.63. The fourth-order valence-corrected chi connectivity index (χ4v) is 2.38. The molecular formula is C15H22N2O. The number of hydrogen-bond donors (Lipinski definition) is 1. The quantitative estimate of drug-likeness (QED) is 0.868. The van der Waals surface area contributed by atoms with Crippen molar-refractivity contribution in [3.05, 3.63) is 29.8 Å². The molecule has 0 spiro atoms. The Labute approximate surface area is 109 Å². The molecule has 98 valence electrons. The molecule has 0 saturated heterocycles. The van der Waals surface area contributed by atoms with Crippen LogP contribution in [0.3, 0.4) is 0 Å². The maximum absolute atomic E-state index is 12.2. The highest BCUT2D eigenvalue weighted by molar-refractivity contribution is 5.86. The van der Waals surface area contributed by atoms with Crippen LogP contribution in [0.2, 0.25) is 0 Å². The van der Waals surface area contributed by atoms with Crippen molar-refractivity contribution in [3.63, 3.8) is 0 Å². The molecular weight excluding hydrogens is 224 g/mol. The van der Waals surface area contributed by atoms with Crippen LogP contribution in [0, 0.1) is 0 Å². The van der Waals surface area contributed by atoms with E-state index in [-0.39, 0.29) is 17.5 Å². The van der Waals surface area contributed by atoms with Gasteiger partial charge in [-0.25, -0.2) is 0 Å². The molecule has 1 aromatic carbocycles. The summed E-state index contributed by atoms with van der Waals surface area (Å²) < 4.78 is 0. The molecule has 0 radical (unpaired) electrons. The molecule has 1 aromatic rings. The van der Waals surface area contributed by atoms with E-state index in [2.05, 4.69) is 28.4 Å². The highest BCUT2D eigenvalue weighted by Gasteiger charge is 2.28. The van der Waals surface area contributed by atoms with Crippen molar-refractivity contribution in [1.82, 2.24) is 5.32 Å². The SMILES string of the molecule is C[C@H](C(=O)NC(C)(C)C)N1CCc2ccccc21. The van der Waals surface area contributed by atoms with Crippen LogP contribution >= 0.6 is 0 Å². The largest absolute Gasteiger partial charge is 0.359 e. The first-order valence-corrected chi connectivity index (χ1v) is 6.55. The monoisotopic (exact) mass is 246 g/mol. The standard InChI is InChI=1S/C15H22N2O/c1-11(14(18)16-15(2,3)4)17-10-9-12-7-5-6-8-13(12)17/h5-8,11H,9-10H2,1-4H3,(H,16,18)/t11-/m1/s1. The Kier molecular flexibility index (Phi) is 3.33. The van der Waals surface area contributed by atoms with E-state index in [1.807, 2.05) is 33.8 Å². The number of anilines is 1. The van der Waals surface area contributed by atoms with Gasteiger partial charge >= 0.3 is 0 Å².